The third-order valence-corrected chi connectivity index (χ3v) is 3.94. The summed E-state index contributed by atoms with van der Waals surface area (Å²) in [6.07, 6.45) is 1.34. The van der Waals surface area contributed by atoms with E-state index in [1.165, 1.54) is 16.6 Å². The van der Waals surface area contributed by atoms with Crippen molar-refractivity contribution in [3.63, 3.8) is 0 Å². The third-order valence-electron chi connectivity index (χ3n) is 3.94. The van der Waals surface area contributed by atoms with Gasteiger partial charge in [-0.3, -0.25) is 9.69 Å². The van der Waals surface area contributed by atoms with E-state index in [1.807, 2.05) is 24.3 Å². The van der Waals surface area contributed by atoms with Crippen LogP contribution in [-0.4, -0.2) is 57.9 Å². The molecule has 0 saturated carbocycles. The summed E-state index contributed by atoms with van der Waals surface area (Å²) in [5.41, 5.74) is 1.27. The van der Waals surface area contributed by atoms with E-state index in [0.29, 0.717) is 13.2 Å². The molecule has 25 heavy (non-hydrogen) atoms. The van der Waals surface area contributed by atoms with Crippen molar-refractivity contribution in [2.45, 2.75) is 19.2 Å². The van der Waals surface area contributed by atoms with Crippen LogP contribution in [0.25, 0.3) is 0 Å². The van der Waals surface area contributed by atoms with Gasteiger partial charge in [-0.15, -0.1) is 5.10 Å². The number of amides is 1. The van der Waals surface area contributed by atoms with Gasteiger partial charge in [-0.1, -0.05) is 30.3 Å². The lowest BCUT2D eigenvalue weighted by molar-refractivity contribution is -0.123. The van der Waals surface area contributed by atoms with Crippen molar-refractivity contribution in [2.24, 2.45) is 0 Å². The van der Waals surface area contributed by atoms with Gasteiger partial charge >= 0.3 is 0 Å². The zero-order valence-electron chi connectivity index (χ0n) is 13.8. The van der Waals surface area contributed by atoms with Gasteiger partial charge in [0, 0.05) is 26.2 Å². The van der Waals surface area contributed by atoms with E-state index in [0.717, 1.165) is 19.6 Å². The van der Waals surface area contributed by atoms with Crippen LogP contribution in [-0.2, 0) is 22.6 Å². The molecule has 0 aliphatic carbocycles. The monoisotopic (exact) mass is 340 g/mol. The van der Waals surface area contributed by atoms with E-state index < -0.39 is 0 Å². The lowest BCUT2D eigenvalue weighted by Crippen LogP contribution is -2.47. The highest BCUT2D eigenvalue weighted by atomic mass is 16.5. The predicted octanol–water partition coefficient (Wildman–Crippen LogP) is 0.167. The maximum atomic E-state index is 12.0. The summed E-state index contributed by atoms with van der Waals surface area (Å²) in [5.74, 6) is -0.127. The summed E-state index contributed by atoms with van der Waals surface area (Å²) < 4.78 is 7.08. The van der Waals surface area contributed by atoms with Crippen molar-refractivity contribution in [2.75, 3.05) is 26.2 Å². The Kier molecular flexibility index (Phi) is 5.72. The van der Waals surface area contributed by atoms with Crippen molar-refractivity contribution in [3.8, 4) is 6.07 Å². The summed E-state index contributed by atoms with van der Waals surface area (Å²) in [6, 6.07) is 12.1. The van der Waals surface area contributed by atoms with Gasteiger partial charge in [0.15, 0.2) is 0 Å². The molecule has 0 bridgehead atoms. The molecule has 1 unspecified atom stereocenters. The number of carbonyl (C=O) groups excluding carboxylic acids is 1. The van der Waals surface area contributed by atoms with Crippen molar-refractivity contribution in [1.82, 2.24) is 25.0 Å². The molecule has 2 heterocycles. The Morgan fingerprint density at radius 1 is 1.40 bits per heavy atom. The second-order valence-electron chi connectivity index (χ2n) is 5.90. The Morgan fingerprint density at radius 2 is 2.24 bits per heavy atom. The molecule has 8 nitrogen and oxygen atoms in total. The van der Waals surface area contributed by atoms with Crippen molar-refractivity contribution >= 4 is 5.91 Å². The second kappa shape index (κ2) is 8.37. The van der Waals surface area contributed by atoms with Crippen LogP contribution in [0.1, 0.15) is 11.4 Å². The highest BCUT2D eigenvalue weighted by Crippen LogP contribution is 2.10. The average molecular weight is 340 g/mol. The van der Waals surface area contributed by atoms with Crippen LogP contribution in [0.15, 0.2) is 36.7 Å². The minimum atomic E-state index is -0.182. The smallest absolute Gasteiger partial charge is 0.252 e. The Bertz CT molecular complexity index is 739. The molecular weight excluding hydrogens is 320 g/mol. The Balaban J connectivity index is 1.43. The molecule has 1 N–H and O–H groups in total. The van der Waals surface area contributed by atoms with Gasteiger partial charge in [0.25, 0.3) is 5.82 Å². The van der Waals surface area contributed by atoms with Crippen LogP contribution < -0.4 is 5.32 Å². The van der Waals surface area contributed by atoms with Crippen LogP contribution in [0.2, 0.25) is 0 Å². The van der Waals surface area contributed by atoms with Crippen LogP contribution >= 0.6 is 0 Å². The topological polar surface area (TPSA) is 96.1 Å². The normalized spacial score (nSPS) is 17.8. The first-order chi connectivity index (χ1) is 12.2. The number of aromatic nitrogens is 3. The van der Waals surface area contributed by atoms with Crippen LogP contribution in [0.3, 0.4) is 0 Å². The first-order valence-electron chi connectivity index (χ1n) is 8.17. The number of nitrogens with one attached hydrogen (secondary N) is 1. The molecule has 8 heteroatoms. The fourth-order valence-electron chi connectivity index (χ4n) is 2.74. The molecule has 0 spiro atoms. The summed E-state index contributed by atoms with van der Waals surface area (Å²) in [6.45, 7) is 3.68. The number of hydrogen-bond acceptors (Lipinski definition) is 6. The highest BCUT2D eigenvalue weighted by molar-refractivity contribution is 5.75. The zero-order valence-corrected chi connectivity index (χ0v) is 13.8. The van der Waals surface area contributed by atoms with Crippen molar-refractivity contribution in [3.05, 3.63) is 48.0 Å². The van der Waals surface area contributed by atoms with Crippen molar-refractivity contribution in [1.29, 1.82) is 5.26 Å². The molecular formula is C17H20N6O2. The predicted molar refractivity (Wildman–Crippen MR) is 89.2 cm³/mol. The molecule has 1 saturated heterocycles. The lowest BCUT2D eigenvalue weighted by Gasteiger charge is -2.33. The van der Waals surface area contributed by atoms with E-state index in [-0.39, 0.29) is 24.4 Å². The third kappa shape index (κ3) is 5.11. The molecule has 130 valence electrons. The maximum Gasteiger partial charge on any atom is 0.252 e. The molecule has 1 fully saturated rings. The van der Waals surface area contributed by atoms with Crippen LogP contribution in [0.5, 0.6) is 0 Å². The number of benzene rings is 1. The fraction of sp³-hybridized carbons (Fsp3) is 0.412. The molecule has 1 aromatic heterocycles. The molecule has 1 atom stereocenters. The molecule has 1 aromatic carbocycles. The summed E-state index contributed by atoms with van der Waals surface area (Å²) in [5, 5.41) is 15.4. The van der Waals surface area contributed by atoms with Gasteiger partial charge in [-0.25, -0.2) is 9.67 Å². The van der Waals surface area contributed by atoms with E-state index >= 15 is 0 Å². The minimum Gasteiger partial charge on any atom is -0.374 e. The zero-order chi connectivity index (χ0) is 17.5. The molecule has 1 aliphatic heterocycles. The van der Waals surface area contributed by atoms with Crippen LogP contribution in [0, 0.1) is 11.3 Å². The number of morpholine rings is 1. The van der Waals surface area contributed by atoms with Gasteiger partial charge in [0.2, 0.25) is 5.91 Å². The van der Waals surface area contributed by atoms with Gasteiger partial charge in [-0.05, 0) is 5.56 Å². The maximum absolute atomic E-state index is 12.0. The largest absolute Gasteiger partial charge is 0.374 e. The number of hydrogen-bond donors (Lipinski definition) is 1. The standard InChI is InChI=1S/C17H20N6O2/c18-8-16-20-13-23(21-16)12-17(24)19-9-15-11-22(6-7-25-15)10-14-4-2-1-3-5-14/h1-5,13,15H,6-7,9-12H2,(H,19,24). The molecule has 2 aromatic rings. The van der Waals surface area contributed by atoms with Gasteiger partial charge in [-0.2, -0.15) is 5.26 Å². The van der Waals surface area contributed by atoms with Gasteiger partial charge in [0.05, 0.1) is 12.7 Å². The van der Waals surface area contributed by atoms with Gasteiger partial charge in [0.1, 0.15) is 18.9 Å². The number of ether oxygens (including phenoxy) is 1. The second-order valence-corrected chi connectivity index (χ2v) is 5.90. The van der Waals surface area contributed by atoms with Crippen LogP contribution in [0.4, 0.5) is 0 Å². The van der Waals surface area contributed by atoms with E-state index in [1.54, 1.807) is 0 Å². The average Bonchev–Trinajstić information content (AvgIpc) is 3.09. The quantitative estimate of drug-likeness (QED) is 0.805. The first-order valence-corrected chi connectivity index (χ1v) is 8.17. The number of nitriles is 1. The number of carbonyl (C=O) groups is 1. The highest BCUT2D eigenvalue weighted by Gasteiger charge is 2.21. The number of rotatable bonds is 6. The minimum absolute atomic E-state index is 0.0353. The van der Waals surface area contributed by atoms with E-state index in [4.69, 9.17) is 10.00 Å². The Hall–Kier alpha value is -2.76. The molecule has 0 radical (unpaired) electrons. The Labute approximate surface area is 146 Å². The first kappa shape index (κ1) is 17.1. The molecule has 1 aliphatic rings. The summed E-state index contributed by atoms with van der Waals surface area (Å²) >= 11 is 0. The molecule has 3 rings (SSSR count). The van der Waals surface area contributed by atoms with Gasteiger partial charge < -0.3 is 10.1 Å². The lowest BCUT2D eigenvalue weighted by atomic mass is 10.2. The van der Waals surface area contributed by atoms with E-state index in [2.05, 4.69) is 32.4 Å². The summed E-state index contributed by atoms with van der Waals surface area (Å²) in [7, 11) is 0. The Morgan fingerprint density at radius 3 is 3.00 bits per heavy atom. The SMILES string of the molecule is N#Cc1ncn(CC(=O)NCC2CN(Cc3ccccc3)CCO2)n1. The van der Waals surface area contributed by atoms with Crippen molar-refractivity contribution < 1.29 is 9.53 Å². The number of nitrogens with zero attached hydrogens (tertiary/aromatic N) is 5. The fourth-order valence-corrected chi connectivity index (χ4v) is 2.74. The summed E-state index contributed by atoms with van der Waals surface area (Å²) in [4.78, 5) is 18.1. The molecule has 1 amide bonds. The van der Waals surface area contributed by atoms with E-state index in [9.17, 15) is 4.79 Å².